The van der Waals surface area contributed by atoms with Gasteiger partial charge in [-0.3, -0.25) is 0 Å². The molecule has 0 saturated heterocycles. The van der Waals surface area contributed by atoms with Gasteiger partial charge >= 0.3 is 0 Å². The molecule has 0 bridgehead atoms. The predicted octanol–water partition coefficient (Wildman–Crippen LogP) is 3.00. The smallest absolute Gasteiger partial charge is 0.163 e. The molecule has 2 aromatic heterocycles. The molecule has 2 heterocycles. The first-order valence-electron chi connectivity index (χ1n) is 7.44. The normalized spacial score (nSPS) is 18.6. The molecule has 0 fully saturated rings. The van der Waals surface area contributed by atoms with E-state index in [4.69, 9.17) is 0 Å². The van der Waals surface area contributed by atoms with E-state index in [1.165, 1.54) is 25.7 Å². The van der Waals surface area contributed by atoms with Crippen LogP contribution in [0.15, 0.2) is 24.7 Å². The highest BCUT2D eigenvalue weighted by molar-refractivity contribution is 5.85. The van der Waals surface area contributed by atoms with Gasteiger partial charge in [0.2, 0.25) is 0 Å². The van der Waals surface area contributed by atoms with E-state index in [2.05, 4.69) is 39.5 Å². The van der Waals surface area contributed by atoms with Gasteiger partial charge in [-0.2, -0.15) is 5.10 Å². The molecule has 0 saturated carbocycles. The highest BCUT2D eigenvalue weighted by Gasteiger charge is 2.11. The van der Waals surface area contributed by atoms with E-state index in [1.807, 2.05) is 10.9 Å². The van der Waals surface area contributed by atoms with Crippen LogP contribution in [-0.4, -0.2) is 26.3 Å². The largest absolute Gasteiger partial charge is 0.369 e. The highest BCUT2D eigenvalue weighted by atomic mass is 15.3. The van der Waals surface area contributed by atoms with Crippen molar-refractivity contribution in [2.45, 2.75) is 39.2 Å². The highest BCUT2D eigenvalue weighted by Crippen LogP contribution is 2.22. The Morgan fingerprint density at radius 3 is 3.10 bits per heavy atom. The first-order valence-corrected chi connectivity index (χ1v) is 7.44. The third-order valence-electron chi connectivity index (χ3n) is 3.96. The monoisotopic (exact) mass is 271 g/mol. The van der Waals surface area contributed by atoms with Gasteiger partial charge in [0.1, 0.15) is 12.1 Å². The van der Waals surface area contributed by atoms with Crippen LogP contribution in [0, 0.1) is 5.92 Å². The van der Waals surface area contributed by atoms with Crippen LogP contribution >= 0.6 is 0 Å². The lowest BCUT2D eigenvalue weighted by Crippen LogP contribution is -2.11. The molecule has 5 heteroatoms. The molecule has 106 valence electrons. The molecular formula is C15H21N5. The van der Waals surface area contributed by atoms with E-state index < -0.39 is 0 Å². The number of fused-ring (bicyclic) bond motifs is 1. The van der Waals surface area contributed by atoms with E-state index in [0.717, 1.165) is 35.9 Å². The molecule has 1 atom stereocenters. The summed E-state index contributed by atoms with van der Waals surface area (Å²) in [4.78, 5) is 8.66. The quantitative estimate of drug-likeness (QED) is 0.849. The molecule has 1 aliphatic rings. The Hall–Kier alpha value is -1.91. The van der Waals surface area contributed by atoms with Gasteiger partial charge in [0.15, 0.2) is 5.65 Å². The molecule has 0 aromatic carbocycles. The van der Waals surface area contributed by atoms with E-state index in [0.29, 0.717) is 0 Å². The molecule has 20 heavy (non-hydrogen) atoms. The summed E-state index contributed by atoms with van der Waals surface area (Å²) in [6.07, 6.45) is 13.0. The second-order valence-corrected chi connectivity index (χ2v) is 5.29. The number of allylic oxidation sites excluding steroid dienone is 2. The average molecular weight is 271 g/mol. The molecule has 3 rings (SSSR count). The maximum absolute atomic E-state index is 4.35. The summed E-state index contributed by atoms with van der Waals surface area (Å²) in [5, 5.41) is 8.79. The fourth-order valence-corrected chi connectivity index (χ4v) is 2.78. The van der Waals surface area contributed by atoms with Gasteiger partial charge in [0.25, 0.3) is 0 Å². The van der Waals surface area contributed by atoms with E-state index >= 15 is 0 Å². The second kappa shape index (κ2) is 6.03. The maximum atomic E-state index is 4.35. The van der Waals surface area contributed by atoms with Gasteiger partial charge in [0.05, 0.1) is 11.6 Å². The second-order valence-electron chi connectivity index (χ2n) is 5.29. The lowest BCUT2D eigenvalue weighted by Gasteiger charge is -2.17. The summed E-state index contributed by atoms with van der Waals surface area (Å²) in [5.74, 6) is 1.71. The van der Waals surface area contributed by atoms with Crippen molar-refractivity contribution in [2.75, 3.05) is 11.9 Å². The average Bonchev–Trinajstić information content (AvgIpc) is 2.92. The fourth-order valence-electron chi connectivity index (χ4n) is 2.78. The van der Waals surface area contributed by atoms with Gasteiger partial charge in [-0.15, -0.1) is 0 Å². The molecule has 1 aliphatic carbocycles. The Kier molecular flexibility index (Phi) is 3.95. The molecule has 2 aromatic rings. The van der Waals surface area contributed by atoms with Crippen LogP contribution in [0.2, 0.25) is 0 Å². The number of aryl methyl sites for hydroxylation is 1. The number of rotatable bonds is 5. The lowest BCUT2D eigenvalue weighted by atomic mass is 9.91. The van der Waals surface area contributed by atoms with Gasteiger partial charge in [-0.25, -0.2) is 14.6 Å². The third-order valence-corrected chi connectivity index (χ3v) is 3.96. The summed E-state index contributed by atoms with van der Waals surface area (Å²) in [7, 11) is 0. The topological polar surface area (TPSA) is 55.6 Å². The van der Waals surface area contributed by atoms with Crippen LogP contribution in [0.4, 0.5) is 5.82 Å². The summed E-state index contributed by atoms with van der Waals surface area (Å²) in [6.45, 7) is 3.86. The summed E-state index contributed by atoms with van der Waals surface area (Å²) < 4.78 is 1.90. The third kappa shape index (κ3) is 2.66. The van der Waals surface area contributed by atoms with Crippen molar-refractivity contribution in [3.63, 3.8) is 0 Å². The van der Waals surface area contributed by atoms with Gasteiger partial charge in [-0.1, -0.05) is 12.2 Å². The van der Waals surface area contributed by atoms with Crippen LogP contribution in [0.3, 0.4) is 0 Å². The first kappa shape index (κ1) is 13.1. The summed E-state index contributed by atoms with van der Waals surface area (Å²) >= 11 is 0. The SMILES string of the molecule is CCn1ncc2c(NCCC3CC=CCC3)ncnc21. The predicted molar refractivity (Wildman–Crippen MR) is 80.6 cm³/mol. The van der Waals surface area contributed by atoms with Crippen LogP contribution < -0.4 is 5.32 Å². The molecule has 1 N–H and O–H groups in total. The molecule has 1 unspecified atom stereocenters. The van der Waals surface area contributed by atoms with Crippen LogP contribution in [-0.2, 0) is 6.54 Å². The molecule has 0 amide bonds. The molecule has 0 radical (unpaired) electrons. The van der Waals surface area contributed by atoms with Crippen molar-refractivity contribution in [3.05, 3.63) is 24.7 Å². The Balaban J connectivity index is 1.65. The van der Waals surface area contributed by atoms with Crippen LogP contribution in [0.1, 0.15) is 32.6 Å². The Morgan fingerprint density at radius 1 is 1.35 bits per heavy atom. The Bertz CT molecular complexity index is 601. The van der Waals surface area contributed by atoms with E-state index in [1.54, 1.807) is 6.33 Å². The first-order chi connectivity index (χ1) is 9.88. The van der Waals surface area contributed by atoms with Crippen molar-refractivity contribution in [2.24, 2.45) is 5.92 Å². The molecule has 0 spiro atoms. The lowest BCUT2D eigenvalue weighted by molar-refractivity contribution is 0.457. The fraction of sp³-hybridized carbons (Fsp3) is 0.533. The number of anilines is 1. The number of hydrogen-bond acceptors (Lipinski definition) is 4. The van der Waals surface area contributed by atoms with Gasteiger partial charge in [-0.05, 0) is 38.5 Å². The number of hydrogen-bond donors (Lipinski definition) is 1. The van der Waals surface area contributed by atoms with Gasteiger partial charge in [0, 0.05) is 13.1 Å². The standard InChI is InChI=1S/C15H21N5/c1-2-20-15-13(10-19-20)14(17-11-18-15)16-9-8-12-6-4-3-5-7-12/h3-4,10-12H,2,5-9H2,1H3,(H,16,17,18). The zero-order valence-corrected chi connectivity index (χ0v) is 11.9. The van der Waals surface area contributed by atoms with E-state index in [9.17, 15) is 0 Å². The zero-order chi connectivity index (χ0) is 13.8. The van der Waals surface area contributed by atoms with Crippen molar-refractivity contribution in [1.82, 2.24) is 19.7 Å². The summed E-state index contributed by atoms with van der Waals surface area (Å²) in [6, 6.07) is 0. The van der Waals surface area contributed by atoms with E-state index in [-0.39, 0.29) is 0 Å². The minimum atomic E-state index is 0.809. The number of nitrogens with one attached hydrogen (secondary N) is 1. The van der Waals surface area contributed by atoms with Crippen LogP contribution in [0.5, 0.6) is 0 Å². The van der Waals surface area contributed by atoms with Crippen molar-refractivity contribution < 1.29 is 0 Å². The number of nitrogens with zero attached hydrogens (tertiary/aromatic N) is 4. The Morgan fingerprint density at radius 2 is 2.30 bits per heavy atom. The maximum Gasteiger partial charge on any atom is 0.163 e. The van der Waals surface area contributed by atoms with Crippen LogP contribution in [0.25, 0.3) is 11.0 Å². The van der Waals surface area contributed by atoms with Gasteiger partial charge < -0.3 is 5.32 Å². The Labute approximate surface area is 119 Å². The van der Waals surface area contributed by atoms with Crippen molar-refractivity contribution in [1.29, 1.82) is 0 Å². The molecule has 5 nitrogen and oxygen atoms in total. The minimum absolute atomic E-state index is 0.809. The molecule has 0 aliphatic heterocycles. The summed E-state index contributed by atoms with van der Waals surface area (Å²) in [5.41, 5.74) is 0.908. The van der Waals surface area contributed by atoms with Crippen molar-refractivity contribution >= 4 is 16.9 Å². The molecular weight excluding hydrogens is 250 g/mol. The minimum Gasteiger partial charge on any atom is -0.369 e. The van der Waals surface area contributed by atoms with Crippen molar-refractivity contribution in [3.8, 4) is 0 Å². The number of aromatic nitrogens is 4. The zero-order valence-electron chi connectivity index (χ0n) is 11.9.